The second kappa shape index (κ2) is 5.98. The number of aromatic nitrogens is 3. The molecule has 4 nitrogen and oxygen atoms in total. The van der Waals surface area contributed by atoms with E-state index in [1.165, 1.54) is 5.69 Å². The fraction of sp³-hybridized carbons (Fsp3) is 0.158. The summed E-state index contributed by atoms with van der Waals surface area (Å²) in [6.45, 7) is 2.66. The number of hydrogen-bond donors (Lipinski definition) is 0. The number of benzene rings is 1. The summed E-state index contributed by atoms with van der Waals surface area (Å²) < 4.78 is 2.27. The zero-order valence-corrected chi connectivity index (χ0v) is 12.7. The van der Waals surface area contributed by atoms with Crippen molar-refractivity contribution in [2.24, 2.45) is 0 Å². The van der Waals surface area contributed by atoms with E-state index in [4.69, 9.17) is 0 Å². The third-order valence-electron chi connectivity index (χ3n) is 3.91. The van der Waals surface area contributed by atoms with Gasteiger partial charge in [0, 0.05) is 48.5 Å². The number of rotatable bonds is 1. The van der Waals surface area contributed by atoms with Crippen LogP contribution < -0.4 is 4.90 Å². The number of anilines is 1. The van der Waals surface area contributed by atoms with Crippen molar-refractivity contribution in [3.8, 4) is 11.8 Å². The van der Waals surface area contributed by atoms with E-state index in [1.807, 2.05) is 36.4 Å². The molecule has 0 unspecified atom stereocenters. The maximum Gasteiger partial charge on any atom is 0.225 e. The monoisotopic (exact) mass is 300 g/mol. The molecule has 2 aromatic heterocycles. The normalized spacial score (nSPS) is 13.1. The zero-order valence-electron chi connectivity index (χ0n) is 12.7. The van der Waals surface area contributed by atoms with E-state index in [1.54, 1.807) is 12.4 Å². The van der Waals surface area contributed by atoms with Crippen molar-refractivity contribution < 1.29 is 0 Å². The van der Waals surface area contributed by atoms with Gasteiger partial charge in [-0.05, 0) is 24.3 Å². The lowest BCUT2D eigenvalue weighted by Crippen LogP contribution is -2.34. The molecule has 0 aliphatic carbocycles. The van der Waals surface area contributed by atoms with Crippen molar-refractivity contribution in [1.29, 1.82) is 0 Å². The minimum Gasteiger partial charge on any atom is -0.347 e. The fourth-order valence-corrected chi connectivity index (χ4v) is 2.76. The van der Waals surface area contributed by atoms with Gasteiger partial charge in [-0.25, -0.2) is 9.97 Å². The first-order valence-electron chi connectivity index (χ1n) is 7.66. The van der Waals surface area contributed by atoms with Crippen LogP contribution in [0.5, 0.6) is 0 Å². The molecule has 0 amide bonds. The molecular weight excluding hydrogens is 284 g/mol. The van der Waals surface area contributed by atoms with E-state index in [0.29, 0.717) is 0 Å². The third-order valence-corrected chi connectivity index (χ3v) is 3.91. The molecule has 1 aliphatic rings. The smallest absolute Gasteiger partial charge is 0.225 e. The van der Waals surface area contributed by atoms with Crippen LogP contribution in [0.4, 0.5) is 5.95 Å². The molecule has 0 bridgehead atoms. The van der Waals surface area contributed by atoms with Crippen molar-refractivity contribution in [2.75, 3.05) is 11.4 Å². The highest BCUT2D eigenvalue weighted by molar-refractivity contribution is 5.44. The van der Waals surface area contributed by atoms with E-state index in [-0.39, 0.29) is 0 Å². The summed E-state index contributed by atoms with van der Waals surface area (Å²) in [4.78, 5) is 10.9. The lowest BCUT2D eigenvalue weighted by atomic mass is 10.2. The van der Waals surface area contributed by atoms with E-state index in [0.717, 1.165) is 36.7 Å². The highest BCUT2D eigenvalue weighted by Crippen LogP contribution is 2.19. The van der Waals surface area contributed by atoms with Crippen molar-refractivity contribution in [3.63, 3.8) is 0 Å². The average molecular weight is 300 g/mol. The van der Waals surface area contributed by atoms with Crippen LogP contribution in [0.2, 0.25) is 0 Å². The summed E-state index contributed by atoms with van der Waals surface area (Å²) in [6, 6.07) is 14.1. The summed E-state index contributed by atoms with van der Waals surface area (Å²) in [6.07, 6.45) is 5.70. The molecule has 0 radical (unpaired) electrons. The first kappa shape index (κ1) is 13.6. The van der Waals surface area contributed by atoms with Crippen molar-refractivity contribution in [1.82, 2.24) is 14.5 Å². The van der Waals surface area contributed by atoms with Gasteiger partial charge in [-0.1, -0.05) is 30.0 Å². The second-order valence-electron chi connectivity index (χ2n) is 5.50. The molecule has 0 saturated carbocycles. The standard InChI is InChI=1S/C19H16N4/c1-2-5-16(6-3-1)7-8-17-13-18-15-23(12-11-22(18)14-17)19-20-9-4-10-21-19/h1-6,9-10,13-14H,11-12,15H2. The Bertz CT molecular complexity index is 857. The lowest BCUT2D eigenvalue weighted by Gasteiger charge is -2.28. The fourth-order valence-electron chi connectivity index (χ4n) is 2.76. The highest BCUT2D eigenvalue weighted by atomic mass is 15.3. The van der Waals surface area contributed by atoms with Gasteiger partial charge in [0.2, 0.25) is 5.95 Å². The van der Waals surface area contributed by atoms with Crippen molar-refractivity contribution in [3.05, 3.63) is 77.9 Å². The van der Waals surface area contributed by atoms with Gasteiger partial charge < -0.3 is 9.47 Å². The number of hydrogen-bond acceptors (Lipinski definition) is 3. The first-order valence-corrected chi connectivity index (χ1v) is 7.66. The van der Waals surface area contributed by atoms with Crippen LogP contribution in [0, 0.1) is 11.8 Å². The largest absolute Gasteiger partial charge is 0.347 e. The van der Waals surface area contributed by atoms with Crippen LogP contribution in [0.25, 0.3) is 0 Å². The Morgan fingerprint density at radius 1 is 0.870 bits per heavy atom. The minimum atomic E-state index is 0.789. The van der Waals surface area contributed by atoms with Gasteiger partial charge >= 0.3 is 0 Å². The van der Waals surface area contributed by atoms with Gasteiger partial charge in [0.1, 0.15) is 0 Å². The van der Waals surface area contributed by atoms with Crippen LogP contribution in [-0.4, -0.2) is 21.1 Å². The van der Waals surface area contributed by atoms with Crippen molar-refractivity contribution in [2.45, 2.75) is 13.1 Å². The van der Waals surface area contributed by atoms with Crippen LogP contribution in [-0.2, 0) is 13.1 Å². The minimum absolute atomic E-state index is 0.789. The SMILES string of the molecule is C(#Cc1cc2n(c1)CCN(c1ncccn1)C2)c1ccccc1. The molecule has 0 N–H and O–H groups in total. The van der Waals surface area contributed by atoms with Crippen LogP contribution in [0.15, 0.2) is 61.1 Å². The Labute approximate surface area is 135 Å². The molecule has 0 atom stereocenters. The van der Waals surface area contributed by atoms with Gasteiger partial charge in [-0.3, -0.25) is 0 Å². The van der Waals surface area contributed by atoms with Gasteiger partial charge in [0.15, 0.2) is 0 Å². The van der Waals surface area contributed by atoms with Gasteiger partial charge in [0.05, 0.1) is 6.54 Å². The molecular formula is C19H16N4. The quantitative estimate of drug-likeness (QED) is 0.648. The van der Waals surface area contributed by atoms with E-state index in [9.17, 15) is 0 Å². The Balaban J connectivity index is 1.55. The zero-order chi connectivity index (χ0) is 15.5. The second-order valence-corrected chi connectivity index (χ2v) is 5.50. The predicted octanol–water partition coefficient (Wildman–Crippen LogP) is 2.70. The molecule has 0 fully saturated rings. The van der Waals surface area contributed by atoms with Crippen LogP contribution >= 0.6 is 0 Å². The molecule has 112 valence electrons. The molecule has 0 saturated heterocycles. The molecule has 4 rings (SSSR count). The van der Waals surface area contributed by atoms with Crippen molar-refractivity contribution >= 4 is 5.95 Å². The molecule has 1 aliphatic heterocycles. The van der Waals surface area contributed by atoms with E-state index in [2.05, 4.69) is 43.5 Å². The Morgan fingerprint density at radius 3 is 2.48 bits per heavy atom. The van der Waals surface area contributed by atoms with Gasteiger partial charge in [0.25, 0.3) is 0 Å². The average Bonchev–Trinajstić information content (AvgIpc) is 3.04. The summed E-state index contributed by atoms with van der Waals surface area (Å²) in [5.41, 5.74) is 3.34. The van der Waals surface area contributed by atoms with Gasteiger partial charge in [-0.2, -0.15) is 0 Å². The Hall–Kier alpha value is -3.06. The topological polar surface area (TPSA) is 34.0 Å². The molecule has 4 heteroatoms. The molecule has 0 spiro atoms. The Morgan fingerprint density at radius 2 is 1.65 bits per heavy atom. The predicted molar refractivity (Wildman–Crippen MR) is 89.9 cm³/mol. The van der Waals surface area contributed by atoms with Crippen LogP contribution in [0.3, 0.4) is 0 Å². The molecule has 23 heavy (non-hydrogen) atoms. The van der Waals surface area contributed by atoms with E-state index < -0.39 is 0 Å². The maximum atomic E-state index is 4.34. The highest BCUT2D eigenvalue weighted by Gasteiger charge is 2.18. The van der Waals surface area contributed by atoms with Gasteiger partial charge in [-0.15, -0.1) is 0 Å². The lowest BCUT2D eigenvalue weighted by molar-refractivity contribution is 0.563. The molecule has 1 aromatic carbocycles. The first-order chi connectivity index (χ1) is 11.4. The maximum absolute atomic E-state index is 4.34. The third kappa shape index (κ3) is 2.95. The molecule has 3 aromatic rings. The summed E-state index contributed by atoms with van der Waals surface area (Å²) >= 11 is 0. The Kier molecular flexibility index (Phi) is 3.53. The number of fused-ring (bicyclic) bond motifs is 1. The summed E-state index contributed by atoms with van der Waals surface area (Å²) in [5.74, 6) is 7.25. The summed E-state index contributed by atoms with van der Waals surface area (Å²) in [5, 5.41) is 0. The van der Waals surface area contributed by atoms with E-state index >= 15 is 0 Å². The van der Waals surface area contributed by atoms with Crippen LogP contribution in [0.1, 0.15) is 16.8 Å². The summed E-state index contributed by atoms with van der Waals surface area (Å²) in [7, 11) is 0. The molecule has 3 heterocycles. The number of nitrogens with zero attached hydrogens (tertiary/aromatic N) is 4.